The van der Waals surface area contributed by atoms with Crippen LogP contribution < -0.4 is 15.4 Å². The van der Waals surface area contributed by atoms with Crippen LogP contribution in [0.15, 0.2) is 24.5 Å². The fourth-order valence-corrected chi connectivity index (χ4v) is 2.13. The van der Waals surface area contributed by atoms with E-state index in [0.29, 0.717) is 5.88 Å². The van der Waals surface area contributed by atoms with Crippen LogP contribution in [0.2, 0.25) is 0 Å². The molecule has 3 aromatic heterocycles. The van der Waals surface area contributed by atoms with Crippen molar-refractivity contribution in [2.45, 2.75) is 19.1 Å². The fourth-order valence-electron chi connectivity index (χ4n) is 2.13. The first-order valence-corrected chi connectivity index (χ1v) is 7.81. The van der Waals surface area contributed by atoms with Crippen LogP contribution in [0.1, 0.15) is 24.5 Å². The van der Waals surface area contributed by atoms with E-state index in [1.165, 1.54) is 13.2 Å². The van der Waals surface area contributed by atoms with Crippen molar-refractivity contribution >= 4 is 17.6 Å². The monoisotopic (exact) mass is 398 g/mol. The number of methoxy groups -OCH3 is 1. The van der Waals surface area contributed by atoms with Crippen molar-refractivity contribution < 1.29 is 22.3 Å². The van der Waals surface area contributed by atoms with Crippen LogP contribution in [0, 0.1) is 5.82 Å². The molecule has 1 atom stereocenters. The molecule has 148 valence electrons. The van der Waals surface area contributed by atoms with Crippen LogP contribution in [0.25, 0.3) is 0 Å². The van der Waals surface area contributed by atoms with E-state index in [9.17, 15) is 17.6 Å². The second-order valence-electron chi connectivity index (χ2n) is 5.53. The third-order valence-corrected chi connectivity index (χ3v) is 3.42. The van der Waals surface area contributed by atoms with E-state index in [4.69, 9.17) is 4.74 Å². The Labute approximate surface area is 155 Å². The minimum atomic E-state index is -4.70. The highest BCUT2D eigenvalue weighted by Crippen LogP contribution is 2.31. The van der Waals surface area contributed by atoms with E-state index in [2.05, 4.69) is 40.8 Å². The fraction of sp³-hybridized carbons (Fsp3) is 0.267. The second kappa shape index (κ2) is 7.62. The molecule has 3 N–H and O–H groups in total. The number of hydrogen-bond donors (Lipinski definition) is 3. The molecule has 0 spiro atoms. The number of anilines is 3. The zero-order valence-electron chi connectivity index (χ0n) is 14.5. The maximum atomic E-state index is 13.2. The SMILES string of the molecule is COc1cc(Nc2cc(C(F)(F)F)nc(N[C@@H](C)c3ncc(F)cn3)n2)n[nH]1. The Kier molecular flexibility index (Phi) is 5.24. The normalized spacial score (nSPS) is 12.5. The van der Waals surface area contributed by atoms with Gasteiger partial charge in [0, 0.05) is 12.1 Å². The molecule has 0 bridgehead atoms. The molecule has 0 unspecified atom stereocenters. The van der Waals surface area contributed by atoms with Crippen molar-refractivity contribution in [3.63, 3.8) is 0 Å². The zero-order chi connectivity index (χ0) is 20.3. The molecule has 0 aliphatic carbocycles. The number of aromatic amines is 1. The first kappa shape index (κ1) is 19.3. The molecule has 3 heterocycles. The Bertz CT molecular complexity index is 944. The topological polar surface area (TPSA) is 114 Å². The smallest absolute Gasteiger partial charge is 0.433 e. The number of halogens is 4. The first-order valence-electron chi connectivity index (χ1n) is 7.81. The summed E-state index contributed by atoms with van der Waals surface area (Å²) < 4.78 is 57.4. The Morgan fingerprint density at radius 1 is 1.11 bits per heavy atom. The van der Waals surface area contributed by atoms with E-state index >= 15 is 0 Å². The Hall–Kier alpha value is -3.51. The van der Waals surface area contributed by atoms with E-state index in [0.717, 1.165) is 18.5 Å². The number of rotatable bonds is 6. The van der Waals surface area contributed by atoms with Gasteiger partial charge >= 0.3 is 6.18 Å². The van der Waals surface area contributed by atoms with Gasteiger partial charge in [0.2, 0.25) is 11.8 Å². The minimum absolute atomic E-state index is 0.147. The van der Waals surface area contributed by atoms with E-state index in [-0.39, 0.29) is 23.4 Å². The predicted molar refractivity (Wildman–Crippen MR) is 89.5 cm³/mol. The molecular formula is C15H14F4N8O. The van der Waals surface area contributed by atoms with Crippen molar-refractivity contribution in [1.29, 1.82) is 0 Å². The summed E-state index contributed by atoms with van der Waals surface area (Å²) in [6.07, 6.45) is -2.80. The second-order valence-corrected chi connectivity index (χ2v) is 5.53. The van der Waals surface area contributed by atoms with Gasteiger partial charge < -0.3 is 15.4 Å². The van der Waals surface area contributed by atoms with Gasteiger partial charge in [-0.25, -0.2) is 24.4 Å². The average Bonchev–Trinajstić information content (AvgIpc) is 3.09. The Morgan fingerprint density at radius 2 is 1.82 bits per heavy atom. The lowest BCUT2D eigenvalue weighted by molar-refractivity contribution is -0.141. The lowest BCUT2D eigenvalue weighted by atomic mass is 10.3. The first-order chi connectivity index (χ1) is 13.2. The number of H-pyrrole nitrogens is 1. The summed E-state index contributed by atoms with van der Waals surface area (Å²) in [5.41, 5.74) is -1.16. The maximum Gasteiger partial charge on any atom is 0.433 e. The van der Waals surface area contributed by atoms with E-state index in [1.807, 2.05) is 0 Å². The largest absolute Gasteiger partial charge is 0.481 e. The number of ether oxygens (including phenoxy) is 1. The molecule has 0 amide bonds. The molecule has 13 heteroatoms. The van der Waals surface area contributed by atoms with Crippen LogP contribution in [-0.4, -0.2) is 37.2 Å². The number of nitrogens with zero attached hydrogens (tertiary/aromatic N) is 5. The summed E-state index contributed by atoms with van der Waals surface area (Å²) in [7, 11) is 1.41. The molecular weight excluding hydrogens is 384 g/mol. The van der Waals surface area contributed by atoms with E-state index < -0.39 is 23.7 Å². The van der Waals surface area contributed by atoms with Gasteiger partial charge in [-0.1, -0.05) is 0 Å². The van der Waals surface area contributed by atoms with Crippen molar-refractivity contribution in [1.82, 2.24) is 30.1 Å². The molecule has 0 saturated heterocycles. The summed E-state index contributed by atoms with van der Waals surface area (Å²) >= 11 is 0. The molecule has 0 aliphatic heterocycles. The predicted octanol–water partition coefficient (Wildman–Crippen LogP) is 3.07. The van der Waals surface area contributed by atoms with Gasteiger partial charge in [-0.2, -0.15) is 23.3 Å². The number of alkyl halides is 3. The van der Waals surface area contributed by atoms with Gasteiger partial charge in [0.05, 0.1) is 25.5 Å². The molecule has 3 aromatic rings. The molecule has 0 saturated carbocycles. The molecule has 0 aliphatic rings. The van der Waals surface area contributed by atoms with Gasteiger partial charge in [0.15, 0.2) is 17.3 Å². The summed E-state index contributed by atoms with van der Waals surface area (Å²) in [5, 5.41) is 11.7. The van der Waals surface area contributed by atoms with Gasteiger partial charge in [-0.05, 0) is 6.92 Å². The molecule has 0 fully saturated rings. The maximum absolute atomic E-state index is 13.2. The Balaban J connectivity index is 1.87. The molecule has 3 rings (SSSR count). The third-order valence-electron chi connectivity index (χ3n) is 3.42. The zero-order valence-corrected chi connectivity index (χ0v) is 14.5. The standard InChI is InChI=1S/C15H14F4N8O/c1-7(13-20-5-8(16)6-21-13)22-14-23-9(15(17,18)19)3-10(25-14)24-11-4-12(28-2)27-26-11/h3-7H,1-2H3,(H3,22,23,24,25,26,27)/t7-/m0/s1. The highest BCUT2D eigenvalue weighted by Gasteiger charge is 2.34. The van der Waals surface area contributed by atoms with E-state index in [1.54, 1.807) is 6.92 Å². The van der Waals surface area contributed by atoms with Crippen LogP contribution >= 0.6 is 0 Å². The average molecular weight is 398 g/mol. The van der Waals surface area contributed by atoms with Gasteiger partial charge in [-0.15, -0.1) is 0 Å². The van der Waals surface area contributed by atoms with Gasteiger partial charge in [-0.3, -0.25) is 0 Å². The number of hydrogen-bond acceptors (Lipinski definition) is 8. The molecule has 0 aromatic carbocycles. The summed E-state index contributed by atoms with van der Waals surface area (Å²) in [6, 6.07) is 1.51. The van der Waals surface area contributed by atoms with Crippen molar-refractivity contribution in [3.05, 3.63) is 41.9 Å². The highest BCUT2D eigenvalue weighted by molar-refractivity contribution is 5.55. The van der Waals surface area contributed by atoms with Gasteiger partial charge in [0.1, 0.15) is 11.6 Å². The van der Waals surface area contributed by atoms with Crippen molar-refractivity contribution in [2.24, 2.45) is 0 Å². The van der Waals surface area contributed by atoms with Crippen LogP contribution in [0.5, 0.6) is 5.88 Å². The summed E-state index contributed by atoms with van der Waals surface area (Å²) in [6.45, 7) is 1.57. The van der Waals surface area contributed by atoms with Gasteiger partial charge in [0.25, 0.3) is 0 Å². The third kappa shape index (κ3) is 4.61. The Morgan fingerprint density at radius 3 is 2.43 bits per heavy atom. The molecule has 28 heavy (non-hydrogen) atoms. The highest BCUT2D eigenvalue weighted by atomic mass is 19.4. The molecule has 0 radical (unpaired) electrons. The minimum Gasteiger partial charge on any atom is -0.481 e. The quantitative estimate of drug-likeness (QED) is 0.543. The van der Waals surface area contributed by atoms with Crippen LogP contribution in [0.3, 0.4) is 0 Å². The van der Waals surface area contributed by atoms with Crippen LogP contribution in [-0.2, 0) is 6.18 Å². The summed E-state index contributed by atoms with van der Waals surface area (Å²) in [4.78, 5) is 15.0. The summed E-state index contributed by atoms with van der Waals surface area (Å²) in [5.74, 6) is -0.426. The molecule has 9 nitrogen and oxygen atoms in total. The number of aromatic nitrogens is 6. The van der Waals surface area contributed by atoms with Crippen molar-refractivity contribution in [2.75, 3.05) is 17.7 Å². The lowest BCUT2D eigenvalue weighted by Gasteiger charge is -2.15. The number of nitrogens with one attached hydrogen (secondary N) is 3. The van der Waals surface area contributed by atoms with Crippen LogP contribution in [0.4, 0.5) is 35.1 Å². The lowest BCUT2D eigenvalue weighted by Crippen LogP contribution is -2.16. The van der Waals surface area contributed by atoms with Crippen molar-refractivity contribution in [3.8, 4) is 5.88 Å².